The Hall–Kier alpha value is -5.90. The molecule has 3 heterocycles. The van der Waals surface area contributed by atoms with Crippen LogP contribution in [-0.4, -0.2) is 9.13 Å². The van der Waals surface area contributed by atoms with Crippen LogP contribution in [0.5, 0.6) is 0 Å². The summed E-state index contributed by atoms with van der Waals surface area (Å²) in [6.07, 6.45) is 0. The molecule has 3 heteroatoms. The molecule has 0 spiro atoms. The minimum atomic E-state index is 1.17. The summed E-state index contributed by atoms with van der Waals surface area (Å²) >= 11 is 1.89. The van der Waals surface area contributed by atoms with Gasteiger partial charge >= 0.3 is 0 Å². The van der Waals surface area contributed by atoms with Crippen molar-refractivity contribution in [3.05, 3.63) is 170 Å². The van der Waals surface area contributed by atoms with Crippen molar-refractivity contribution < 1.29 is 0 Å². The van der Waals surface area contributed by atoms with Crippen LogP contribution in [0.25, 0.3) is 86.6 Å². The van der Waals surface area contributed by atoms with Crippen molar-refractivity contribution in [3.63, 3.8) is 0 Å². The van der Waals surface area contributed by atoms with Gasteiger partial charge in [0.15, 0.2) is 0 Å². The second kappa shape index (κ2) is 10.3. The maximum atomic E-state index is 2.45. The molecule has 0 aliphatic carbocycles. The molecular formula is C44H28N2S. The van der Waals surface area contributed by atoms with E-state index >= 15 is 0 Å². The normalized spacial score (nSPS) is 11.8. The van der Waals surface area contributed by atoms with E-state index in [1.165, 1.54) is 86.6 Å². The molecule has 220 valence electrons. The van der Waals surface area contributed by atoms with Crippen molar-refractivity contribution in [2.24, 2.45) is 0 Å². The Labute approximate surface area is 276 Å². The van der Waals surface area contributed by atoms with Crippen LogP contribution in [0.1, 0.15) is 0 Å². The van der Waals surface area contributed by atoms with Gasteiger partial charge in [0.2, 0.25) is 0 Å². The molecule has 0 unspecified atom stereocenters. The Morgan fingerprint density at radius 2 is 0.872 bits per heavy atom. The summed E-state index contributed by atoms with van der Waals surface area (Å²) in [6.45, 7) is 0. The highest BCUT2D eigenvalue weighted by Crippen LogP contribution is 2.46. The summed E-state index contributed by atoms with van der Waals surface area (Å²) in [4.78, 5) is 0. The molecule has 0 atom stereocenters. The Bertz CT molecular complexity index is 2760. The molecule has 0 aliphatic rings. The van der Waals surface area contributed by atoms with Crippen molar-refractivity contribution in [2.45, 2.75) is 0 Å². The first-order valence-electron chi connectivity index (χ1n) is 16.0. The van der Waals surface area contributed by atoms with E-state index in [-0.39, 0.29) is 0 Å². The van der Waals surface area contributed by atoms with E-state index < -0.39 is 0 Å². The maximum absolute atomic E-state index is 2.45. The zero-order valence-corrected chi connectivity index (χ0v) is 26.3. The summed E-state index contributed by atoms with van der Waals surface area (Å²) in [5.74, 6) is 0. The van der Waals surface area contributed by atoms with E-state index in [2.05, 4.69) is 179 Å². The second-order valence-electron chi connectivity index (χ2n) is 12.1. The van der Waals surface area contributed by atoms with Gasteiger partial charge in [0, 0.05) is 43.2 Å². The molecular weight excluding hydrogens is 589 g/mol. The fourth-order valence-corrected chi connectivity index (χ4v) is 8.77. The lowest BCUT2D eigenvalue weighted by molar-refractivity contribution is 1.18. The summed E-state index contributed by atoms with van der Waals surface area (Å²) in [6, 6.07) is 61.7. The van der Waals surface area contributed by atoms with Crippen molar-refractivity contribution in [1.29, 1.82) is 0 Å². The Morgan fingerprint density at radius 3 is 1.57 bits per heavy atom. The number of nitrogens with zero attached hydrogens (tertiary/aromatic N) is 2. The third kappa shape index (κ3) is 3.90. The first kappa shape index (κ1) is 26.3. The smallest absolute Gasteiger partial charge is 0.0734 e. The molecule has 7 aromatic carbocycles. The van der Waals surface area contributed by atoms with Crippen molar-refractivity contribution in [3.8, 4) is 33.6 Å². The number of rotatable bonds is 4. The number of para-hydroxylation sites is 5. The van der Waals surface area contributed by atoms with E-state index in [1.54, 1.807) is 0 Å². The van der Waals surface area contributed by atoms with E-state index in [9.17, 15) is 0 Å². The van der Waals surface area contributed by atoms with Crippen LogP contribution in [0.15, 0.2) is 170 Å². The van der Waals surface area contributed by atoms with Crippen LogP contribution in [0.2, 0.25) is 0 Å². The third-order valence-electron chi connectivity index (χ3n) is 9.53. The van der Waals surface area contributed by atoms with Gasteiger partial charge in [0.1, 0.15) is 0 Å². The van der Waals surface area contributed by atoms with Crippen LogP contribution in [0, 0.1) is 0 Å². The molecule has 10 aromatic rings. The van der Waals surface area contributed by atoms with Gasteiger partial charge in [-0.15, -0.1) is 11.3 Å². The summed E-state index contributed by atoms with van der Waals surface area (Å²) in [5, 5.41) is 5.15. The number of thiophene rings is 1. The molecule has 0 aliphatic heterocycles. The van der Waals surface area contributed by atoms with Crippen molar-refractivity contribution in [1.82, 2.24) is 9.13 Å². The average Bonchev–Trinajstić information content (AvgIpc) is 3.79. The van der Waals surface area contributed by atoms with E-state index in [0.717, 1.165) is 0 Å². The SMILES string of the molecule is c1ccc(-n2c3ccccc3c3cccc(-c4ccc(-c5cccc6sc7c8ccccc8n(-c8ccccc8)c7c56)cc4)c32)cc1. The van der Waals surface area contributed by atoms with Crippen LogP contribution in [0.4, 0.5) is 0 Å². The van der Waals surface area contributed by atoms with Crippen LogP contribution < -0.4 is 0 Å². The van der Waals surface area contributed by atoms with Crippen LogP contribution >= 0.6 is 11.3 Å². The molecule has 0 bridgehead atoms. The quantitative estimate of drug-likeness (QED) is 0.186. The molecule has 0 saturated heterocycles. The van der Waals surface area contributed by atoms with E-state index in [4.69, 9.17) is 0 Å². The molecule has 0 saturated carbocycles. The summed E-state index contributed by atoms with van der Waals surface area (Å²) in [5.41, 5.74) is 12.3. The minimum Gasteiger partial charge on any atom is -0.309 e. The van der Waals surface area contributed by atoms with Gasteiger partial charge in [-0.25, -0.2) is 0 Å². The van der Waals surface area contributed by atoms with E-state index in [0.29, 0.717) is 0 Å². The summed E-state index contributed by atoms with van der Waals surface area (Å²) < 4.78 is 7.51. The van der Waals surface area contributed by atoms with Gasteiger partial charge < -0.3 is 9.13 Å². The molecule has 0 radical (unpaired) electrons. The molecule has 3 aromatic heterocycles. The zero-order chi connectivity index (χ0) is 30.9. The highest BCUT2D eigenvalue weighted by Gasteiger charge is 2.21. The predicted octanol–water partition coefficient (Wildman–Crippen LogP) is 12.4. The van der Waals surface area contributed by atoms with Gasteiger partial charge in [-0.1, -0.05) is 127 Å². The number of fused-ring (bicyclic) bond motifs is 8. The highest BCUT2D eigenvalue weighted by atomic mass is 32.1. The summed E-state index contributed by atoms with van der Waals surface area (Å²) in [7, 11) is 0. The van der Waals surface area contributed by atoms with E-state index in [1.807, 2.05) is 11.3 Å². The van der Waals surface area contributed by atoms with Gasteiger partial charge in [0.05, 0.1) is 26.8 Å². The maximum Gasteiger partial charge on any atom is 0.0734 e. The molecule has 0 N–H and O–H groups in total. The van der Waals surface area contributed by atoms with Gasteiger partial charge in [-0.05, 0) is 59.2 Å². The highest BCUT2D eigenvalue weighted by molar-refractivity contribution is 7.26. The van der Waals surface area contributed by atoms with Gasteiger partial charge in [0.25, 0.3) is 0 Å². The molecule has 0 fully saturated rings. The topological polar surface area (TPSA) is 9.86 Å². The standard InChI is InChI=1S/C44H28N2S/c1-3-13-31(14-4-1)45-38-22-9-7-17-35(38)36-21-11-20-34(42(36)45)30-27-25-29(26-28-30)33-19-12-24-40-41(33)43-44(47-40)37-18-8-10-23-39(37)46(43)32-15-5-2-6-16-32/h1-28H. The molecule has 2 nitrogen and oxygen atoms in total. The average molecular weight is 617 g/mol. The fraction of sp³-hybridized carbons (Fsp3) is 0. The Balaban J connectivity index is 1.19. The number of aromatic nitrogens is 2. The van der Waals surface area contributed by atoms with Gasteiger partial charge in [-0.2, -0.15) is 0 Å². The fourth-order valence-electron chi connectivity index (χ4n) is 7.52. The lowest BCUT2D eigenvalue weighted by atomic mass is 9.97. The molecule has 47 heavy (non-hydrogen) atoms. The first-order chi connectivity index (χ1) is 23.3. The second-order valence-corrected chi connectivity index (χ2v) is 13.2. The van der Waals surface area contributed by atoms with Gasteiger partial charge in [-0.3, -0.25) is 0 Å². The Morgan fingerprint density at radius 1 is 0.362 bits per heavy atom. The lowest BCUT2D eigenvalue weighted by Gasteiger charge is -2.13. The lowest BCUT2D eigenvalue weighted by Crippen LogP contribution is -1.95. The molecule has 0 amide bonds. The molecule has 10 rings (SSSR count). The minimum absolute atomic E-state index is 1.17. The zero-order valence-electron chi connectivity index (χ0n) is 25.5. The number of hydrogen-bond acceptors (Lipinski definition) is 1. The Kier molecular flexibility index (Phi) is 5.78. The van der Waals surface area contributed by atoms with Crippen molar-refractivity contribution in [2.75, 3.05) is 0 Å². The monoisotopic (exact) mass is 616 g/mol. The first-order valence-corrected chi connectivity index (χ1v) is 16.9. The van der Waals surface area contributed by atoms with Crippen LogP contribution in [0.3, 0.4) is 0 Å². The van der Waals surface area contributed by atoms with Crippen LogP contribution in [-0.2, 0) is 0 Å². The number of hydrogen-bond donors (Lipinski definition) is 0. The number of benzene rings is 7. The predicted molar refractivity (Wildman–Crippen MR) is 201 cm³/mol. The third-order valence-corrected chi connectivity index (χ3v) is 10.7. The largest absolute Gasteiger partial charge is 0.309 e. The van der Waals surface area contributed by atoms with Crippen molar-refractivity contribution >= 4 is 64.3 Å².